The molecular weight excluding hydrogens is 164 g/mol. The molecule has 0 aliphatic heterocycles. The van der Waals surface area contributed by atoms with E-state index in [0.717, 1.165) is 6.42 Å². The van der Waals surface area contributed by atoms with Gasteiger partial charge in [-0.05, 0) is 17.8 Å². The Hall–Kier alpha value is -0.0400. The van der Waals surface area contributed by atoms with Crippen LogP contribution in [0.4, 0.5) is 0 Å². The molecule has 0 aromatic carbocycles. The van der Waals surface area contributed by atoms with Crippen LogP contribution in [0.2, 0.25) is 0 Å². The Morgan fingerprint density at radius 2 is 2.25 bits per heavy atom. The van der Waals surface area contributed by atoms with Crippen LogP contribution in [0.25, 0.3) is 0 Å². The van der Waals surface area contributed by atoms with Crippen molar-refractivity contribution < 1.29 is 0 Å². The molecule has 0 spiro atoms. The summed E-state index contributed by atoms with van der Waals surface area (Å²) in [6, 6.07) is 0. The van der Waals surface area contributed by atoms with Crippen molar-refractivity contribution in [2.75, 3.05) is 0 Å². The van der Waals surface area contributed by atoms with Crippen LogP contribution in [0.15, 0.2) is 22.7 Å². The van der Waals surface area contributed by atoms with Gasteiger partial charge in [0.2, 0.25) is 0 Å². The number of hydrogen-bond acceptors (Lipinski definition) is 0. The molecule has 0 rings (SSSR count). The molecule has 0 aromatic heterocycles. The van der Waals surface area contributed by atoms with Gasteiger partial charge < -0.3 is 0 Å². The molecule has 0 heterocycles. The van der Waals surface area contributed by atoms with Crippen molar-refractivity contribution in [1.29, 1.82) is 0 Å². The van der Waals surface area contributed by atoms with E-state index in [9.17, 15) is 0 Å². The topological polar surface area (TPSA) is 0 Å². The molecule has 0 N–H and O–H groups in total. The first-order valence-electron chi connectivity index (χ1n) is 2.78. The maximum absolute atomic E-state index is 3.39. The highest BCUT2D eigenvalue weighted by atomic mass is 79.9. The lowest BCUT2D eigenvalue weighted by molar-refractivity contribution is 1.21. The van der Waals surface area contributed by atoms with Gasteiger partial charge in [-0.3, -0.25) is 0 Å². The molecule has 46 valence electrons. The van der Waals surface area contributed by atoms with Crippen molar-refractivity contribution in [2.24, 2.45) is 0 Å². The minimum Gasteiger partial charge on any atom is -0.0876 e. The smallest absolute Gasteiger partial charge is 0.00522 e. The minimum atomic E-state index is 1.07. The molecule has 0 unspecified atom stereocenters. The predicted molar refractivity (Wildman–Crippen MR) is 42.1 cm³/mol. The van der Waals surface area contributed by atoms with E-state index in [1.807, 2.05) is 19.1 Å². The van der Waals surface area contributed by atoms with Crippen molar-refractivity contribution >= 4 is 15.9 Å². The summed E-state index contributed by atoms with van der Waals surface area (Å²) in [6.07, 6.45) is 7.16. The summed E-state index contributed by atoms with van der Waals surface area (Å²) in [5.41, 5.74) is 0. The van der Waals surface area contributed by atoms with Crippen LogP contribution >= 0.6 is 15.9 Å². The molecule has 0 atom stereocenters. The lowest BCUT2D eigenvalue weighted by atomic mass is 10.4. The first-order chi connectivity index (χ1) is 3.81. The summed E-state index contributed by atoms with van der Waals surface area (Å²) < 4.78 is 1.25. The fraction of sp³-hybridized carbons (Fsp3) is 0.429. The number of halogens is 1. The molecule has 1 heteroatoms. The van der Waals surface area contributed by atoms with E-state index in [-0.39, 0.29) is 0 Å². The van der Waals surface area contributed by atoms with Crippen LogP contribution in [0.1, 0.15) is 20.3 Å². The fourth-order valence-corrected chi connectivity index (χ4v) is 0.471. The Morgan fingerprint density at radius 1 is 1.62 bits per heavy atom. The van der Waals surface area contributed by atoms with E-state index in [1.165, 1.54) is 4.48 Å². The average molecular weight is 175 g/mol. The Balaban J connectivity index is 3.57. The van der Waals surface area contributed by atoms with Gasteiger partial charge in [-0.2, -0.15) is 0 Å². The highest BCUT2D eigenvalue weighted by Gasteiger charge is 1.78. The lowest BCUT2D eigenvalue weighted by Gasteiger charge is -1.84. The molecule has 0 saturated heterocycles. The Bertz CT molecular complexity index is 101. The quantitative estimate of drug-likeness (QED) is 0.565. The van der Waals surface area contributed by atoms with Gasteiger partial charge in [0.05, 0.1) is 0 Å². The van der Waals surface area contributed by atoms with Crippen molar-refractivity contribution in [3.63, 3.8) is 0 Å². The Morgan fingerprint density at radius 3 is 2.62 bits per heavy atom. The van der Waals surface area contributed by atoms with Crippen molar-refractivity contribution in [3.05, 3.63) is 22.7 Å². The summed E-state index contributed by atoms with van der Waals surface area (Å²) in [5.74, 6) is 0. The summed E-state index contributed by atoms with van der Waals surface area (Å²) in [6.45, 7) is 4.12. The molecule has 8 heavy (non-hydrogen) atoms. The predicted octanol–water partition coefficient (Wildman–Crippen LogP) is 3.25. The molecule has 0 saturated carbocycles. The minimum absolute atomic E-state index is 1.07. The number of allylic oxidation sites excluding steroid dienone is 4. The van der Waals surface area contributed by atoms with Crippen LogP contribution in [0, 0.1) is 0 Å². The lowest BCUT2D eigenvalue weighted by Crippen LogP contribution is -1.60. The molecule has 0 aliphatic carbocycles. The van der Waals surface area contributed by atoms with Crippen LogP contribution < -0.4 is 0 Å². The van der Waals surface area contributed by atoms with Crippen LogP contribution in [-0.4, -0.2) is 0 Å². The van der Waals surface area contributed by atoms with Crippen LogP contribution in [0.5, 0.6) is 0 Å². The number of rotatable bonds is 2. The van der Waals surface area contributed by atoms with Gasteiger partial charge in [-0.1, -0.05) is 41.1 Å². The molecule has 0 aliphatic rings. The zero-order valence-corrected chi connectivity index (χ0v) is 6.90. The van der Waals surface area contributed by atoms with Crippen LogP contribution in [-0.2, 0) is 0 Å². The zero-order valence-electron chi connectivity index (χ0n) is 5.32. The number of hydrogen-bond donors (Lipinski definition) is 0. The molecular formula is C7H11Br. The Kier molecular flexibility index (Phi) is 5.08. The Labute approximate surface area is 59.4 Å². The maximum Gasteiger partial charge on any atom is -0.00522 e. The largest absolute Gasteiger partial charge is 0.0876 e. The third kappa shape index (κ3) is 4.13. The zero-order chi connectivity index (χ0) is 6.41. The van der Waals surface area contributed by atoms with E-state index in [0.29, 0.717) is 0 Å². The highest BCUT2D eigenvalue weighted by molar-refractivity contribution is 9.11. The van der Waals surface area contributed by atoms with E-state index in [4.69, 9.17) is 0 Å². The van der Waals surface area contributed by atoms with Crippen molar-refractivity contribution in [3.8, 4) is 0 Å². The summed E-state index contributed by atoms with van der Waals surface area (Å²) in [5, 5.41) is 0. The first kappa shape index (κ1) is 7.96. The van der Waals surface area contributed by atoms with E-state index in [1.54, 1.807) is 0 Å². The van der Waals surface area contributed by atoms with E-state index < -0.39 is 0 Å². The molecule has 0 bridgehead atoms. The molecule has 0 fully saturated rings. The van der Waals surface area contributed by atoms with Crippen molar-refractivity contribution in [2.45, 2.75) is 20.3 Å². The van der Waals surface area contributed by atoms with Gasteiger partial charge >= 0.3 is 0 Å². The van der Waals surface area contributed by atoms with E-state index >= 15 is 0 Å². The van der Waals surface area contributed by atoms with Gasteiger partial charge in [0.1, 0.15) is 0 Å². The summed E-state index contributed by atoms with van der Waals surface area (Å²) in [7, 11) is 0. The standard InChI is InChI=1S/C7H11Br/c1-3-5-6-7(8)4-2/h3,5-6H,4H2,1-2H3. The van der Waals surface area contributed by atoms with Gasteiger partial charge in [0.25, 0.3) is 0 Å². The second kappa shape index (κ2) is 5.10. The average Bonchev–Trinajstić information content (AvgIpc) is 1.83. The third-order valence-electron chi connectivity index (χ3n) is 0.807. The van der Waals surface area contributed by atoms with E-state index in [2.05, 4.69) is 28.9 Å². The molecule has 0 radical (unpaired) electrons. The highest BCUT2D eigenvalue weighted by Crippen LogP contribution is 2.08. The molecule has 0 nitrogen and oxygen atoms in total. The maximum atomic E-state index is 3.39. The molecule has 0 amide bonds. The van der Waals surface area contributed by atoms with Gasteiger partial charge in [-0.15, -0.1) is 0 Å². The summed E-state index contributed by atoms with van der Waals surface area (Å²) >= 11 is 3.39. The second-order valence-corrected chi connectivity index (χ2v) is 2.51. The summed E-state index contributed by atoms with van der Waals surface area (Å²) in [4.78, 5) is 0. The second-order valence-electron chi connectivity index (χ2n) is 1.49. The van der Waals surface area contributed by atoms with Crippen molar-refractivity contribution in [1.82, 2.24) is 0 Å². The van der Waals surface area contributed by atoms with Gasteiger partial charge in [-0.25, -0.2) is 0 Å². The monoisotopic (exact) mass is 174 g/mol. The van der Waals surface area contributed by atoms with Gasteiger partial charge in [0.15, 0.2) is 0 Å². The normalized spacial score (nSPS) is 13.1. The van der Waals surface area contributed by atoms with Gasteiger partial charge in [0, 0.05) is 0 Å². The first-order valence-corrected chi connectivity index (χ1v) is 3.58. The van der Waals surface area contributed by atoms with Crippen LogP contribution in [0.3, 0.4) is 0 Å². The fourth-order valence-electron chi connectivity index (χ4n) is 0.318. The molecule has 0 aromatic rings. The SMILES string of the molecule is CC=CC=C(Br)CC. The third-order valence-corrected chi connectivity index (χ3v) is 1.63.